The zero-order chi connectivity index (χ0) is 17.3. The predicted molar refractivity (Wildman–Crippen MR) is 87.7 cm³/mol. The topological polar surface area (TPSA) is 49.7 Å². The molecule has 0 atom stereocenters. The summed E-state index contributed by atoms with van der Waals surface area (Å²) in [5.74, 6) is 0. The largest absolute Gasteiger partial charge is 0.525 e. The van der Waals surface area contributed by atoms with Crippen LogP contribution in [0.3, 0.4) is 0 Å². The van der Waals surface area contributed by atoms with Crippen molar-refractivity contribution in [3.05, 3.63) is 40.0 Å². The number of ether oxygens (including phenoxy) is 1. The molecule has 126 valence electrons. The molecule has 0 aliphatic carbocycles. The van der Waals surface area contributed by atoms with Crippen molar-refractivity contribution in [2.75, 3.05) is 13.7 Å². The van der Waals surface area contributed by atoms with Crippen molar-refractivity contribution in [1.82, 2.24) is 4.57 Å². The summed E-state index contributed by atoms with van der Waals surface area (Å²) in [5, 5.41) is 0. The van der Waals surface area contributed by atoms with Crippen LogP contribution in [0.2, 0.25) is 0 Å². The van der Waals surface area contributed by atoms with Crippen molar-refractivity contribution in [3.63, 3.8) is 0 Å². The lowest BCUT2D eigenvalue weighted by Crippen LogP contribution is -2.41. The number of hydrogen-bond donors (Lipinski definition) is 0. The molecule has 1 saturated heterocycles. The van der Waals surface area contributed by atoms with Gasteiger partial charge in [0.1, 0.15) is 5.73 Å². The zero-order valence-electron chi connectivity index (χ0n) is 14.3. The van der Waals surface area contributed by atoms with Crippen molar-refractivity contribution >= 4 is 13.2 Å². The molecular weight excluding hydrogens is 300 g/mol. The summed E-state index contributed by atoms with van der Waals surface area (Å²) in [4.78, 5) is 11.7. The number of rotatable bonds is 5. The molecule has 0 saturated carbocycles. The van der Waals surface area contributed by atoms with Crippen molar-refractivity contribution in [3.8, 4) is 0 Å². The van der Waals surface area contributed by atoms with Crippen LogP contribution in [-0.2, 0) is 20.6 Å². The average molecular weight is 323 g/mol. The molecule has 1 aliphatic heterocycles. The second-order valence-electron chi connectivity index (χ2n) is 6.60. The zero-order valence-corrected chi connectivity index (χ0v) is 14.3. The summed E-state index contributed by atoms with van der Waals surface area (Å²) in [7, 11) is 0.520. The standard InChI is InChI=1S/C16H23BFNO4/c1-15(2)16(3,4)23-17(22-15)13(18)10-12-6-7-14(20)19(11-12)8-9-21-5/h6-7,10-11H,8-9H2,1-5H3. The molecule has 0 N–H and O–H groups in total. The van der Waals surface area contributed by atoms with E-state index < -0.39 is 24.0 Å². The molecule has 0 aromatic carbocycles. The van der Waals surface area contributed by atoms with Gasteiger partial charge in [-0.2, -0.15) is 0 Å². The highest BCUT2D eigenvalue weighted by Gasteiger charge is 2.53. The second kappa shape index (κ2) is 6.59. The van der Waals surface area contributed by atoms with Crippen LogP contribution in [0.4, 0.5) is 4.39 Å². The minimum Gasteiger partial charge on any atom is -0.398 e. The van der Waals surface area contributed by atoms with Gasteiger partial charge in [-0.25, -0.2) is 4.39 Å². The Morgan fingerprint density at radius 1 is 1.30 bits per heavy atom. The first kappa shape index (κ1) is 17.9. The number of halogens is 1. The van der Waals surface area contributed by atoms with Gasteiger partial charge in [0.2, 0.25) is 0 Å². The van der Waals surface area contributed by atoms with E-state index in [-0.39, 0.29) is 5.56 Å². The molecule has 2 heterocycles. The van der Waals surface area contributed by atoms with Gasteiger partial charge >= 0.3 is 7.12 Å². The first-order valence-electron chi connectivity index (χ1n) is 7.58. The van der Waals surface area contributed by atoms with E-state index in [1.165, 1.54) is 16.7 Å². The van der Waals surface area contributed by atoms with Crippen molar-refractivity contribution in [1.29, 1.82) is 0 Å². The second-order valence-corrected chi connectivity index (χ2v) is 6.60. The first-order chi connectivity index (χ1) is 10.7. The van der Waals surface area contributed by atoms with Gasteiger partial charge in [0, 0.05) is 25.9 Å². The maximum Gasteiger partial charge on any atom is 0.525 e. The fourth-order valence-corrected chi connectivity index (χ4v) is 2.18. The summed E-state index contributed by atoms with van der Waals surface area (Å²) in [6.07, 6.45) is 2.91. The Hall–Kier alpha value is -1.44. The highest BCUT2D eigenvalue weighted by molar-refractivity contribution is 6.54. The lowest BCUT2D eigenvalue weighted by Gasteiger charge is -2.32. The van der Waals surface area contributed by atoms with E-state index in [9.17, 15) is 9.18 Å². The third kappa shape index (κ3) is 3.91. The predicted octanol–water partition coefficient (Wildman–Crippen LogP) is 2.44. The fourth-order valence-electron chi connectivity index (χ4n) is 2.18. The van der Waals surface area contributed by atoms with E-state index in [4.69, 9.17) is 14.0 Å². The molecule has 23 heavy (non-hydrogen) atoms. The van der Waals surface area contributed by atoms with Crippen LogP contribution in [-0.4, -0.2) is 36.6 Å². The highest BCUT2D eigenvalue weighted by atomic mass is 19.1. The normalized spacial score (nSPS) is 20.1. The molecule has 0 unspecified atom stereocenters. The van der Waals surface area contributed by atoms with E-state index in [2.05, 4.69) is 0 Å². The third-order valence-corrected chi connectivity index (χ3v) is 4.33. The van der Waals surface area contributed by atoms with Crippen LogP contribution in [0.1, 0.15) is 33.3 Å². The van der Waals surface area contributed by atoms with Crippen LogP contribution < -0.4 is 5.56 Å². The van der Waals surface area contributed by atoms with Crippen LogP contribution in [0, 0.1) is 0 Å². The Kier molecular flexibility index (Phi) is 5.13. The van der Waals surface area contributed by atoms with E-state index in [0.29, 0.717) is 18.7 Å². The van der Waals surface area contributed by atoms with Crippen molar-refractivity contribution in [2.24, 2.45) is 0 Å². The van der Waals surface area contributed by atoms with Crippen molar-refractivity contribution < 1.29 is 18.4 Å². The molecule has 5 nitrogen and oxygen atoms in total. The number of methoxy groups -OCH3 is 1. The summed E-state index contributed by atoms with van der Waals surface area (Å²) in [6.45, 7) is 8.29. The monoisotopic (exact) mass is 323 g/mol. The van der Waals surface area contributed by atoms with Crippen LogP contribution in [0.5, 0.6) is 0 Å². The first-order valence-corrected chi connectivity index (χ1v) is 7.58. The molecule has 0 bridgehead atoms. The molecule has 0 spiro atoms. The highest BCUT2D eigenvalue weighted by Crippen LogP contribution is 2.38. The molecule has 0 amide bonds. The maximum absolute atomic E-state index is 14.5. The van der Waals surface area contributed by atoms with Crippen molar-refractivity contribution in [2.45, 2.75) is 45.4 Å². The molecule has 1 aliphatic rings. The Labute approximate surface area is 136 Å². The molecule has 1 aromatic heterocycles. The lowest BCUT2D eigenvalue weighted by atomic mass is 9.87. The molecule has 7 heteroatoms. The van der Waals surface area contributed by atoms with Gasteiger partial charge in [0.05, 0.1) is 17.8 Å². The fraction of sp³-hybridized carbons (Fsp3) is 0.562. The molecular formula is C16H23BFNO4. The molecule has 1 fully saturated rings. The summed E-state index contributed by atoms with van der Waals surface area (Å²) in [5.41, 5.74) is -1.32. The lowest BCUT2D eigenvalue weighted by molar-refractivity contribution is 0.00578. The minimum atomic E-state index is -1.04. The number of pyridine rings is 1. The minimum absolute atomic E-state index is 0.157. The van der Waals surface area contributed by atoms with Gasteiger partial charge in [-0.1, -0.05) is 0 Å². The van der Waals surface area contributed by atoms with Crippen LogP contribution >= 0.6 is 0 Å². The van der Waals surface area contributed by atoms with E-state index >= 15 is 0 Å². The Morgan fingerprint density at radius 3 is 2.48 bits per heavy atom. The summed E-state index contributed by atoms with van der Waals surface area (Å²) in [6, 6.07) is 2.97. The van der Waals surface area contributed by atoms with Gasteiger partial charge in [0.15, 0.2) is 0 Å². The van der Waals surface area contributed by atoms with Crippen LogP contribution in [0.15, 0.2) is 28.9 Å². The average Bonchev–Trinajstić information content (AvgIpc) is 2.68. The Balaban J connectivity index is 2.20. The molecule has 1 aromatic rings. The molecule has 2 rings (SSSR count). The van der Waals surface area contributed by atoms with E-state index in [0.717, 1.165) is 0 Å². The molecule has 0 radical (unpaired) electrons. The third-order valence-electron chi connectivity index (χ3n) is 4.33. The van der Waals surface area contributed by atoms with Gasteiger partial charge in [-0.3, -0.25) is 4.79 Å². The van der Waals surface area contributed by atoms with Gasteiger partial charge < -0.3 is 18.6 Å². The van der Waals surface area contributed by atoms with E-state index in [1.54, 1.807) is 19.4 Å². The number of hydrogen-bond acceptors (Lipinski definition) is 4. The number of nitrogens with zero attached hydrogens (tertiary/aromatic N) is 1. The summed E-state index contributed by atoms with van der Waals surface area (Å²) >= 11 is 0. The van der Waals surface area contributed by atoms with Gasteiger partial charge in [-0.05, 0) is 45.4 Å². The van der Waals surface area contributed by atoms with Crippen LogP contribution in [0.25, 0.3) is 6.08 Å². The van der Waals surface area contributed by atoms with Gasteiger partial charge in [-0.15, -0.1) is 0 Å². The Morgan fingerprint density at radius 2 is 1.91 bits per heavy atom. The summed E-state index contributed by atoms with van der Waals surface area (Å²) < 4.78 is 32.2. The SMILES string of the molecule is COCCn1cc(C=C(F)B2OC(C)(C)C(C)(C)O2)ccc1=O. The Bertz CT molecular complexity index is 638. The quantitative estimate of drug-likeness (QED) is 0.781. The number of aromatic nitrogens is 1. The smallest absolute Gasteiger partial charge is 0.398 e. The maximum atomic E-state index is 14.5. The van der Waals surface area contributed by atoms with E-state index in [1.807, 2.05) is 27.7 Å². The van der Waals surface area contributed by atoms with Gasteiger partial charge in [0.25, 0.3) is 5.56 Å².